The second-order valence-corrected chi connectivity index (χ2v) is 7.14. The Morgan fingerprint density at radius 1 is 1.31 bits per heavy atom. The van der Waals surface area contributed by atoms with Crippen LogP contribution in [0.4, 0.5) is 5.82 Å². The third kappa shape index (κ3) is 3.20. The zero-order valence-electron chi connectivity index (χ0n) is 16.6. The first-order valence-corrected chi connectivity index (χ1v) is 9.52. The van der Waals surface area contributed by atoms with Gasteiger partial charge < -0.3 is 14.6 Å². The fourth-order valence-corrected chi connectivity index (χ4v) is 4.02. The minimum Gasteiger partial charge on any atom is -0.465 e. The molecule has 0 aliphatic carbocycles. The molecule has 3 aromatic rings. The summed E-state index contributed by atoms with van der Waals surface area (Å²) in [5.41, 5.74) is 2.66. The number of aromatic nitrogens is 3. The van der Waals surface area contributed by atoms with E-state index < -0.39 is 11.9 Å². The second-order valence-electron chi connectivity index (χ2n) is 7.14. The normalized spacial score (nSPS) is 15.8. The quantitative estimate of drug-likeness (QED) is 0.684. The number of ether oxygens (including phenoxy) is 1. The second kappa shape index (κ2) is 7.20. The molecule has 0 bridgehead atoms. The molecule has 4 rings (SSSR count). The van der Waals surface area contributed by atoms with E-state index in [9.17, 15) is 14.4 Å². The Labute approximate surface area is 167 Å². The van der Waals surface area contributed by atoms with Gasteiger partial charge in [-0.25, -0.2) is 4.68 Å². The number of para-hydroxylation sites is 1. The summed E-state index contributed by atoms with van der Waals surface area (Å²) in [6, 6.07) is 9.49. The van der Waals surface area contributed by atoms with Crippen LogP contribution in [-0.4, -0.2) is 32.8 Å². The van der Waals surface area contributed by atoms with Crippen LogP contribution in [0.2, 0.25) is 0 Å². The summed E-state index contributed by atoms with van der Waals surface area (Å²) in [6.07, 6.45) is 0.145. The molecule has 29 heavy (non-hydrogen) atoms. The fourth-order valence-electron chi connectivity index (χ4n) is 4.02. The third-order valence-corrected chi connectivity index (χ3v) is 5.29. The number of pyridine rings is 1. The van der Waals surface area contributed by atoms with Crippen molar-refractivity contribution < 1.29 is 14.3 Å². The van der Waals surface area contributed by atoms with Gasteiger partial charge in [0.2, 0.25) is 5.91 Å². The van der Waals surface area contributed by atoms with Gasteiger partial charge in [0, 0.05) is 30.5 Å². The number of carbonyl (C=O) groups excluding carboxylic acids is 2. The van der Waals surface area contributed by atoms with E-state index in [1.807, 2.05) is 37.3 Å². The van der Waals surface area contributed by atoms with Crippen LogP contribution in [0, 0.1) is 6.92 Å². The van der Waals surface area contributed by atoms with Crippen LogP contribution in [0.3, 0.4) is 0 Å². The highest BCUT2D eigenvalue weighted by molar-refractivity contribution is 5.95. The van der Waals surface area contributed by atoms with Crippen molar-refractivity contribution in [2.75, 3.05) is 11.9 Å². The van der Waals surface area contributed by atoms with Crippen LogP contribution in [-0.2, 0) is 27.9 Å². The van der Waals surface area contributed by atoms with E-state index in [0.29, 0.717) is 17.1 Å². The van der Waals surface area contributed by atoms with E-state index in [4.69, 9.17) is 4.74 Å². The lowest BCUT2D eigenvalue weighted by Crippen LogP contribution is -2.30. The molecule has 2 aromatic heterocycles. The Morgan fingerprint density at radius 2 is 2.07 bits per heavy atom. The molecule has 1 atom stereocenters. The lowest BCUT2D eigenvalue weighted by Gasteiger charge is -2.24. The monoisotopic (exact) mass is 394 g/mol. The first-order chi connectivity index (χ1) is 13.9. The Morgan fingerprint density at radius 3 is 2.83 bits per heavy atom. The van der Waals surface area contributed by atoms with Gasteiger partial charge in [0.1, 0.15) is 12.4 Å². The summed E-state index contributed by atoms with van der Waals surface area (Å²) in [5, 5.41) is 8.17. The average molecular weight is 394 g/mol. The first-order valence-electron chi connectivity index (χ1n) is 9.52. The maximum Gasteiger partial charge on any atom is 0.327 e. The number of hydrogen-bond donors (Lipinski definition) is 1. The first kappa shape index (κ1) is 18.9. The standard InChI is InChI=1S/C21H22N4O4/c1-4-29-18(27)11-25-20-19(12(2)23-25)14(10-17(26)22-20)15-9-13-7-5-6-8-16(13)24(3)21(15)28/h5-9,14H,4,10-11H2,1-3H3,(H,22,26)/t14-/m0/s1. The zero-order valence-corrected chi connectivity index (χ0v) is 16.6. The van der Waals surface area contributed by atoms with Crippen LogP contribution in [0.25, 0.3) is 10.9 Å². The molecule has 1 amide bonds. The van der Waals surface area contributed by atoms with Crippen molar-refractivity contribution in [2.45, 2.75) is 32.7 Å². The number of esters is 1. The highest BCUT2D eigenvalue weighted by Crippen LogP contribution is 2.38. The third-order valence-electron chi connectivity index (χ3n) is 5.29. The number of amides is 1. The number of nitrogens with one attached hydrogen (secondary N) is 1. The molecule has 1 aromatic carbocycles. The van der Waals surface area contributed by atoms with E-state index in [1.54, 1.807) is 18.5 Å². The molecule has 0 saturated carbocycles. The SMILES string of the molecule is CCOC(=O)Cn1nc(C)c2c1NC(=O)C[C@H]2c1cc2ccccc2n(C)c1=O. The van der Waals surface area contributed by atoms with Gasteiger partial charge >= 0.3 is 5.97 Å². The highest BCUT2D eigenvalue weighted by atomic mass is 16.5. The number of hydrogen-bond acceptors (Lipinski definition) is 5. The topological polar surface area (TPSA) is 95.2 Å². The van der Waals surface area contributed by atoms with Crippen molar-refractivity contribution in [3.63, 3.8) is 0 Å². The molecule has 0 fully saturated rings. The molecule has 0 radical (unpaired) electrons. The smallest absolute Gasteiger partial charge is 0.327 e. The van der Waals surface area contributed by atoms with Crippen molar-refractivity contribution >= 4 is 28.6 Å². The van der Waals surface area contributed by atoms with Gasteiger partial charge in [0.05, 0.1) is 17.8 Å². The van der Waals surface area contributed by atoms with Crippen LogP contribution in [0.15, 0.2) is 35.1 Å². The maximum absolute atomic E-state index is 13.1. The molecule has 150 valence electrons. The molecule has 8 nitrogen and oxygen atoms in total. The summed E-state index contributed by atoms with van der Waals surface area (Å²) in [4.78, 5) is 37.5. The molecule has 8 heteroatoms. The van der Waals surface area contributed by atoms with Crippen molar-refractivity contribution in [2.24, 2.45) is 7.05 Å². The summed E-state index contributed by atoms with van der Waals surface area (Å²) in [5.74, 6) is -0.636. The minimum atomic E-state index is -0.434. The molecule has 1 N–H and O–H groups in total. The predicted octanol–water partition coefficient (Wildman–Crippen LogP) is 2.08. The van der Waals surface area contributed by atoms with Gasteiger partial charge in [-0.2, -0.15) is 5.10 Å². The zero-order chi connectivity index (χ0) is 20.7. The number of carbonyl (C=O) groups is 2. The molecule has 0 unspecified atom stereocenters. The van der Waals surface area contributed by atoms with Crippen molar-refractivity contribution in [3.05, 3.63) is 57.5 Å². The molecular formula is C21H22N4O4. The minimum absolute atomic E-state index is 0.104. The Bertz CT molecular complexity index is 1190. The van der Waals surface area contributed by atoms with Crippen molar-refractivity contribution in [3.8, 4) is 0 Å². The number of aryl methyl sites for hydroxylation is 2. The lowest BCUT2D eigenvalue weighted by molar-refractivity contribution is -0.144. The summed E-state index contributed by atoms with van der Waals surface area (Å²) in [7, 11) is 1.73. The molecular weight excluding hydrogens is 372 g/mol. The number of fused-ring (bicyclic) bond motifs is 2. The number of anilines is 1. The number of nitrogens with zero attached hydrogens (tertiary/aromatic N) is 3. The summed E-state index contributed by atoms with van der Waals surface area (Å²) < 4.78 is 8.05. The van der Waals surface area contributed by atoms with E-state index >= 15 is 0 Å². The Balaban J connectivity index is 1.86. The predicted molar refractivity (Wildman–Crippen MR) is 108 cm³/mol. The molecule has 0 spiro atoms. The van der Waals surface area contributed by atoms with E-state index in [1.165, 1.54) is 4.68 Å². The largest absolute Gasteiger partial charge is 0.465 e. The van der Waals surface area contributed by atoms with Crippen LogP contribution < -0.4 is 10.9 Å². The van der Waals surface area contributed by atoms with Gasteiger partial charge in [-0.15, -0.1) is 0 Å². The van der Waals surface area contributed by atoms with E-state index in [0.717, 1.165) is 16.5 Å². The van der Waals surface area contributed by atoms with Gasteiger partial charge in [-0.1, -0.05) is 18.2 Å². The molecule has 3 heterocycles. The van der Waals surface area contributed by atoms with Gasteiger partial charge in [0.25, 0.3) is 5.56 Å². The average Bonchev–Trinajstić information content (AvgIpc) is 2.99. The number of benzene rings is 1. The van der Waals surface area contributed by atoms with Gasteiger partial charge in [-0.3, -0.25) is 14.4 Å². The molecule has 1 aliphatic rings. The highest BCUT2D eigenvalue weighted by Gasteiger charge is 2.34. The fraction of sp³-hybridized carbons (Fsp3) is 0.333. The van der Waals surface area contributed by atoms with Crippen LogP contribution in [0.1, 0.15) is 36.1 Å². The Kier molecular flexibility index (Phi) is 4.70. The van der Waals surface area contributed by atoms with E-state index in [-0.39, 0.29) is 31.0 Å². The molecule has 0 saturated heterocycles. The molecule has 1 aliphatic heterocycles. The Hall–Kier alpha value is -3.42. The van der Waals surface area contributed by atoms with Gasteiger partial charge in [0.15, 0.2) is 0 Å². The van der Waals surface area contributed by atoms with Crippen molar-refractivity contribution in [1.82, 2.24) is 14.3 Å². The van der Waals surface area contributed by atoms with E-state index in [2.05, 4.69) is 10.4 Å². The lowest BCUT2D eigenvalue weighted by atomic mass is 9.86. The summed E-state index contributed by atoms with van der Waals surface area (Å²) >= 11 is 0. The summed E-state index contributed by atoms with van der Waals surface area (Å²) in [6.45, 7) is 3.71. The van der Waals surface area contributed by atoms with Crippen LogP contribution in [0.5, 0.6) is 0 Å². The van der Waals surface area contributed by atoms with Crippen LogP contribution >= 0.6 is 0 Å². The van der Waals surface area contributed by atoms with Gasteiger partial charge in [-0.05, 0) is 31.4 Å². The maximum atomic E-state index is 13.1. The van der Waals surface area contributed by atoms with Crippen molar-refractivity contribution in [1.29, 1.82) is 0 Å². The number of rotatable bonds is 4.